The first kappa shape index (κ1) is 8.89. The van der Waals surface area contributed by atoms with Gasteiger partial charge in [-0.25, -0.2) is 0 Å². The fourth-order valence-corrected chi connectivity index (χ4v) is 1.06. The summed E-state index contributed by atoms with van der Waals surface area (Å²) >= 11 is 0. The molecule has 6 nitrogen and oxygen atoms in total. The second-order valence-electron chi connectivity index (χ2n) is 3.03. The van der Waals surface area contributed by atoms with Crippen LogP contribution in [-0.2, 0) is 7.05 Å². The number of aliphatic hydroxyl groups excluding tert-OH is 1. The highest BCUT2D eigenvalue weighted by Crippen LogP contribution is 2.17. The van der Waals surface area contributed by atoms with Gasteiger partial charge in [0.1, 0.15) is 6.10 Å². The number of aromatic nitrogens is 4. The van der Waals surface area contributed by atoms with Crippen LogP contribution in [0.15, 0.2) is 16.9 Å². The van der Waals surface area contributed by atoms with E-state index in [0.717, 1.165) is 5.56 Å². The van der Waals surface area contributed by atoms with Crippen molar-refractivity contribution in [2.45, 2.75) is 13.0 Å². The molecule has 0 radical (unpaired) electrons. The van der Waals surface area contributed by atoms with Crippen molar-refractivity contribution in [1.29, 1.82) is 0 Å². The molecule has 0 spiro atoms. The van der Waals surface area contributed by atoms with E-state index in [9.17, 15) is 5.11 Å². The second-order valence-corrected chi connectivity index (χ2v) is 3.03. The van der Waals surface area contributed by atoms with Crippen molar-refractivity contribution in [3.63, 3.8) is 0 Å². The molecule has 6 heteroatoms. The van der Waals surface area contributed by atoms with Gasteiger partial charge in [-0.2, -0.15) is 10.1 Å². The maximum Gasteiger partial charge on any atom is 0.255 e. The molecule has 2 aromatic rings. The van der Waals surface area contributed by atoms with Gasteiger partial charge in [-0.05, 0) is 6.92 Å². The number of hydrogen-bond donors (Lipinski definition) is 1. The maximum atomic E-state index is 9.17. The molecule has 0 fully saturated rings. The zero-order valence-corrected chi connectivity index (χ0v) is 7.88. The van der Waals surface area contributed by atoms with E-state index in [2.05, 4.69) is 15.2 Å². The van der Waals surface area contributed by atoms with Gasteiger partial charge in [0, 0.05) is 13.2 Å². The van der Waals surface area contributed by atoms with Gasteiger partial charge in [0.15, 0.2) is 0 Å². The van der Waals surface area contributed by atoms with Crippen LogP contribution in [0, 0.1) is 0 Å². The normalized spacial score (nSPS) is 13.1. The van der Waals surface area contributed by atoms with Crippen LogP contribution in [0.1, 0.15) is 18.9 Å². The quantitative estimate of drug-likeness (QED) is 0.754. The zero-order chi connectivity index (χ0) is 10.1. The predicted molar refractivity (Wildman–Crippen MR) is 47.1 cm³/mol. The number of rotatable bonds is 2. The molecule has 1 N–H and O–H groups in total. The van der Waals surface area contributed by atoms with Crippen molar-refractivity contribution in [3.8, 4) is 11.4 Å². The summed E-state index contributed by atoms with van der Waals surface area (Å²) in [7, 11) is 1.80. The van der Waals surface area contributed by atoms with E-state index in [4.69, 9.17) is 4.52 Å². The molecule has 0 saturated carbocycles. The molecule has 0 amide bonds. The molecule has 0 aliphatic heterocycles. The van der Waals surface area contributed by atoms with E-state index in [0.29, 0.717) is 5.82 Å². The number of nitrogens with zero attached hydrogens (tertiary/aromatic N) is 4. The zero-order valence-electron chi connectivity index (χ0n) is 7.88. The molecular formula is C8H10N4O2. The van der Waals surface area contributed by atoms with Crippen LogP contribution in [0.5, 0.6) is 0 Å². The van der Waals surface area contributed by atoms with Crippen molar-refractivity contribution >= 4 is 0 Å². The average molecular weight is 194 g/mol. The van der Waals surface area contributed by atoms with E-state index < -0.39 is 6.10 Å². The molecule has 1 unspecified atom stereocenters. The topological polar surface area (TPSA) is 77.0 Å². The summed E-state index contributed by atoms with van der Waals surface area (Å²) in [5.41, 5.74) is 0.767. The summed E-state index contributed by atoms with van der Waals surface area (Å²) in [5.74, 6) is 0.651. The minimum atomic E-state index is -0.743. The van der Waals surface area contributed by atoms with Crippen LogP contribution in [0.3, 0.4) is 0 Å². The van der Waals surface area contributed by atoms with Crippen LogP contribution < -0.4 is 0 Å². The third-order valence-corrected chi connectivity index (χ3v) is 1.76. The van der Waals surface area contributed by atoms with E-state index in [1.165, 1.54) is 0 Å². The first-order chi connectivity index (χ1) is 6.66. The largest absolute Gasteiger partial charge is 0.384 e. The van der Waals surface area contributed by atoms with Gasteiger partial charge in [0.2, 0.25) is 5.82 Å². The Balaban J connectivity index is 2.33. The van der Waals surface area contributed by atoms with Crippen molar-refractivity contribution in [2.75, 3.05) is 0 Å². The van der Waals surface area contributed by atoms with Crippen molar-refractivity contribution in [3.05, 3.63) is 18.3 Å². The number of aliphatic hydroxyl groups is 1. The predicted octanol–water partition coefficient (Wildman–Crippen LogP) is 0.523. The molecule has 2 aromatic heterocycles. The Hall–Kier alpha value is -1.69. The lowest BCUT2D eigenvalue weighted by atomic mass is 10.3. The van der Waals surface area contributed by atoms with Crippen molar-refractivity contribution in [2.24, 2.45) is 7.05 Å². The summed E-state index contributed by atoms with van der Waals surface area (Å²) in [4.78, 5) is 4.01. The van der Waals surface area contributed by atoms with Gasteiger partial charge in [-0.3, -0.25) is 4.68 Å². The number of hydrogen-bond acceptors (Lipinski definition) is 5. The molecule has 14 heavy (non-hydrogen) atoms. The summed E-state index contributed by atoms with van der Waals surface area (Å²) in [5, 5.41) is 16.9. The molecule has 0 bridgehead atoms. The van der Waals surface area contributed by atoms with Gasteiger partial charge in [0.25, 0.3) is 5.89 Å². The summed E-state index contributed by atoms with van der Waals surface area (Å²) in [6, 6.07) is 0. The summed E-state index contributed by atoms with van der Waals surface area (Å²) in [6.07, 6.45) is 2.67. The molecule has 2 rings (SSSR count). The fourth-order valence-electron chi connectivity index (χ4n) is 1.06. The Labute approximate surface area is 80.2 Å². The van der Waals surface area contributed by atoms with Crippen LogP contribution in [-0.4, -0.2) is 25.0 Å². The third kappa shape index (κ3) is 1.51. The summed E-state index contributed by atoms with van der Waals surface area (Å²) < 4.78 is 6.49. The Bertz CT molecular complexity index is 432. The molecule has 1 atom stereocenters. The third-order valence-electron chi connectivity index (χ3n) is 1.76. The van der Waals surface area contributed by atoms with E-state index in [-0.39, 0.29) is 5.89 Å². The Morgan fingerprint density at radius 3 is 2.86 bits per heavy atom. The standard InChI is InChI=1S/C8H10N4O2/c1-5(13)8-10-7(11-14-8)6-3-9-12(2)4-6/h3-5,13H,1-2H3. The van der Waals surface area contributed by atoms with Gasteiger partial charge >= 0.3 is 0 Å². The first-order valence-corrected chi connectivity index (χ1v) is 4.17. The fraction of sp³-hybridized carbons (Fsp3) is 0.375. The van der Waals surface area contributed by atoms with Gasteiger partial charge in [0.05, 0.1) is 11.8 Å². The molecule has 0 aliphatic carbocycles. The summed E-state index contributed by atoms with van der Waals surface area (Å²) in [6.45, 7) is 1.57. The van der Waals surface area contributed by atoms with Gasteiger partial charge in [-0.15, -0.1) is 0 Å². The highest BCUT2D eigenvalue weighted by atomic mass is 16.5. The highest BCUT2D eigenvalue weighted by Gasteiger charge is 2.13. The lowest BCUT2D eigenvalue weighted by Crippen LogP contribution is -1.90. The highest BCUT2D eigenvalue weighted by molar-refractivity contribution is 5.50. The van der Waals surface area contributed by atoms with E-state index >= 15 is 0 Å². The lowest BCUT2D eigenvalue weighted by Gasteiger charge is -1.91. The lowest BCUT2D eigenvalue weighted by molar-refractivity contribution is 0.152. The average Bonchev–Trinajstić information content (AvgIpc) is 2.70. The Kier molecular flexibility index (Phi) is 2.05. The molecular weight excluding hydrogens is 184 g/mol. The van der Waals surface area contributed by atoms with Crippen LogP contribution >= 0.6 is 0 Å². The van der Waals surface area contributed by atoms with E-state index in [1.807, 2.05) is 0 Å². The SMILES string of the molecule is CC(O)c1nc(-c2cnn(C)c2)no1. The minimum absolute atomic E-state index is 0.212. The van der Waals surface area contributed by atoms with Crippen LogP contribution in [0.25, 0.3) is 11.4 Å². The molecule has 0 aliphatic rings. The molecule has 74 valence electrons. The van der Waals surface area contributed by atoms with Gasteiger partial charge < -0.3 is 9.63 Å². The smallest absolute Gasteiger partial charge is 0.255 e. The molecule has 0 aromatic carbocycles. The molecule has 0 saturated heterocycles. The van der Waals surface area contributed by atoms with Crippen molar-refractivity contribution < 1.29 is 9.63 Å². The number of aryl methyl sites for hydroxylation is 1. The monoisotopic (exact) mass is 194 g/mol. The van der Waals surface area contributed by atoms with Crippen LogP contribution in [0.2, 0.25) is 0 Å². The molecule has 2 heterocycles. The van der Waals surface area contributed by atoms with Crippen LogP contribution in [0.4, 0.5) is 0 Å². The first-order valence-electron chi connectivity index (χ1n) is 4.17. The minimum Gasteiger partial charge on any atom is -0.384 e. The maximum absolute atomic E-state index is 9.17. The van der Waals surface area contributed by atoms with E-state index in [1.54, 1.807) is 31.0 Å². The van der Waals surface area contributed by atoms with Crippen molar-refractivity contribution in [1.82, 2.24) is 19.9 Å². The second kappa shape index (κ2) is 3.22. The van der Waals surface area contributed by atoms with Gasteiger partial charge in [-0.1, -0.05) is 5.16 Å². The Morgan fingerprint density at radius 2 is 2.36 bits per heavy atom. The Morgan fingerprint density at radius 1 is 1.57 bits per heavy atom.